The summed E-state index contributed by atoms with van der Waals surface area (Å²) >= 11 is 0. The maximum Gasteiger partial charge on any atom is 0.303 e. The Morgan fingerprint density at radius 1 is 1.26 bits per heavy atom. The molecule has 126 valence electrons. The number of piperidine rings is 1. The maximum absolute atomic E-state index is 12.9. The number of amides is 1. The van der Waals surface area contributed by atoms with Crippen molar-refractivity contribution >= 4 is 11.9 Å². The summed E-state index contributed by atoms with van der Waals surface area (Å²) in [6.07, 6.45) is 3.34. The van der Waals surface area contributed by atoms with Gasteiger partial charge in [-0.3, -0.25) is 9.59 Å². The number of rotatable bonds is 6. The minimum Gasteiger partial charge on any atom is -0.493 e. The van der Waals surface area contributed by atoms with E-state index in [4.69, 9.17) is 14.6 Å². The highest BCUT2D eigenvalue weighted by Crippen LogP contribution is 2.33. The minimum atomic E-state index is -0.832. The van der Waals surface area contributed by atoms with Gasteiger partial charge in [-0.2, -0.15) is 0 Å². The molecule has 2 rings (SSSR count). The summed E-state index contributed by atoms with van der Waals surface area (Å²) in [4.78, 5) is 25.6. The molecule has 1 N–H and O–H groups in total. The zero-order chi connectivity index (χ0) is 16.8. The Morgan fingerprint density at radius 3 is 2.70 bits per heavy atom. The number of hydrogen-bond acceptors (Lipinski definition) is 4. The van der Waals surface area contributed by atoms with Gasteiger partial charge in [0.05, 0.1) is 19.8 Å². The van der Waals surface area contributed by atoms with E-state index in [1.54, 1.807) is 23.1 Å². The first-order chi connectivity index (χ1) is 11.1. The van der Waals surface area contributed by atoms with Gasteiger partial charge in [-0.15, -0.1) is 0 Å². The lowest BCUT2D eigenvalue weighted by Gasteiger charge is -2.36. The standard InChI is InChI=1S/C17H23NO5/c1-22-14-8-5-7-13(16(14)23-2)17(21)18-11-4-3-6-12(18)9-10-15(19)20/h5,7-8,12H,3-4,6,9-11H2,1-2H3,(H,19,20)/t12-/m0/s1. The SMILES string of the molecule is COc1cccc(C(=O)N2CCCC[C@H]2CCC(=O)O)c1OC. The third-order valence-electron chi connectivity index (χ3n) is 4.21. The van der Waals surface area contributed by atoms with Crippen LogP contribution in [0.5, 0.6) is 11.5 Å². The Labute approximate surface area is 136 Å². The molecule has 0 aromatic heterocycles. The average molecular weight is 321 g/mol. The average Bonchev–Trinajstić information content (AvgIpc) is 2.58. The van der Waals surface area contributed by atoms with Gasteiger partial charge < -0.3 is 19.5 Å². The van der Waals surface area contributed by atoms with Crippen LogP contribution in [0.2, 0.25) is 0 Å². The van der Waals surface area contributed by atoms with Crippen molar-refractivity contribution in [1.82, 2.24) is 4.90 Å². The molecule has 1 heterocycles. The maximum atomic E-state index is 12.9. The number of methoxy groups -OCH3 is 2. The van der Waals surface area contributed by atoms with Crippen LogP contribution in [-0.4, -0.2) is 48.7 Å². The molecule has 0 spiro atoms. The largest absolute Gasteiger partial charge is 0.493 e. The fraction of sp³-hybridized carbons (Fsp3) is 0.529. The molecule has 1 saturated heterocycles. The van der Waals surface area contributed by atoms with Crippen molar-refractivity contribution in [3.05, 3.63) is 23.8 Å². The van der Waals surface area contributed by atoms with E-state index in [-0.39, 0.29) is 18.4 Å². The van der Waals surface area contributed by atoms with Crippen LogP contribution in [0.3, 0.4) is 0 Å². The zero-order valence-corrected chi connectivity index (χ0v) is 13.6. The van der Waals surface area contributed by atoms with Crippen LogP contribution in [0, 0.1) is 0 Å². The van der Waals surface area contributed by atoms with E-state index in [9.17, 15) is 9.59 Å². The molecule has 1 amide bonds. The number of para-hydroxylation sites is 1. The van der Waals surface area contributed by atoms with Crippen LogP contribution in [0.4, 0.5) is 0 Å². The van der Waals surface area contributed by atoms with Crippen molar-refractivity contribution in [3.63, 3.8) is 0 Å². The van der Waals surface area contributed by atoms with Crippen LogP contribution in [-0.2, 0) is 4.79 Å². The number of carbonyl (C=O) groups excluding carboxylic acids is 1. The van der Waals surface area contributed by atoms with Gasteiger partial charge in [0.15, 0.2) is 11.5 Å². The molecule has 1 atom stereocenters. The number of hydrogen-bond donors (Lipinski definition) is 1. The fourth-order valence-electron chi connectivity index (χ4n) is 3.07. The van der Waals surface area contributed by atoms with Gasteiger partial charge in [0.1, 0.15) is 0 Å². The highest BCUT2D eigenvalue weighted by Gasteiger charge is 2.30. The van der Waals surface area contributed by atoms with E-state index in [1.807, 2.05) is 0 Å². The number of likely N-dealkylation sites (tertiary alicyclic amines) is 1. The number of nitrogens with zero attached hydrogens (tertiary/aromatic N) is 1. The van der Waals surface area contributed by atoms with Gasteiger partial charge in [-0.05, 0) is 37.8 Å². The normalized spacial score (nSPS) is 17.7. The molecule has 23 heavy (non-hydrogen) atoms. The first-order valence-corrected chi connectivity index (χ1v) is 7.82. The first kappa shape index (κ1) is 17.1. The van der Waals surface area contributed by atoms with Crippen LogP contribution in [0.15, 0.2) is 18.2 Å². The van der Waals surface area contributed by atoms with Crippen molar-refractivity contribution < 1.29 is 24.2 Å². The molecule has 6 heteroatoms. The number of carboxylic acid groups (broad SMARTS) is 1. The Kier molecular flexibility index (Phi) is 5.84. The van der Waals surface area contributed by atoms with Crippen molar-refractivity contribution in [2.75, 3.05) is 20.8 Å². The van der Waals surface area contributed by atoms with E-state index in [1.165, 1.54) is 14.2 Å². The monoisotopic (exact) mass is 321 g/mol. The van der Waals surface area contributed by atoms with Gasteiger partial charge in [-0.1, -0.05) is 6.07 Å². The lowest BCUT2D eigenvalue weighted by Crippen LogP contribution is -2.44. The summed E-state index contributed by atoms with van der Waals surface area (Å²) in [5.74, 6) is -0.0298. The second-order valence-corrected chi connectivity index (χ2v) is 5.62. The van der Waals surface area contributed by atoms with Gasteiger partial charge >= 0.3 is 5.97 Å². The Morgan fingerprint density at radius 2 is 2.04 bits per heavy atom. The van der Waals surface area contributed by atoms with Crippen LogP contribution in [0.25, 0.3) is 0 Å². The zero-order valence-electron chi connectivity index (χ0n) is 13.6. The molecule has 0 radical (unpaired) electrons. The predicted octanol–water partition coefficient (Wildman–Crippen LogP) is 2.56. The molecule has 0 saturated carbocycles. The van der Waals surface area contributed by atoms with Crippen molar-refractivity contribution in [3.8, 4) is 11.5 Å². The molecular formula is C17H23NO5. The van der Waals surface area contributed by atoms with Crippen molar-refractivity contribution in [1.29, 1.82) is 0 Å². The Hall–Kier alpha value is -2.24. The lowest BCUT2D eigenvalue weighted by atomic mass is 9.96. The lowest BCUT2D eigenvalue weighted by molar-refractivity contribution is -0.137. The molecule has 1 aromatic rings. The number of aliphatic carboxylic acids is 1. The molecule has 0 unspecified atom stereocenters. The predicted molar refractivity (Wildman–Crippen MR) is 85.1 cm³/mol. The molecule has 1 aliphatic heterocycles. The van der Waals surface area contributed by atoms with Crippen LogP contribution < -0.4 is 9.47 Å². The van der Waals surface area contributed by atoms with E-state index < -0.39 is 5.97 Å². The van der Waals surface area contributed by atoms with Crippen LogP contribution >= 0.6 is 0 Å². The highest BCUT2D eigenvalue weighted by atomic mass is 16.5. The van der Waals surface area contributed by atoms with E-state index in [0.29, 0.717) is 30.0 Å². The summed E-state index contributed by atoms with van der Waals surface area (Å²) in [5.41, 5.74) is 0.453. The molecular weight excluding hydrogens is 298 g/mol. The summed E-state index contributed by atoms with van der Waals surface area (Å²) in [6, 6.07) is 5.17. The molecule has 6 nitrogen and oxygen atoms in total. The number of ether oxygens (including phenoxy) is 2. The second-order valence-electron chi connectivity index (χ2n) is 5.62. The van der Waals surface area contributed by atoms with Gasteiger partial charge in [0, 0.05) is 19.0 Å². The number of benzene rings is 1. The quantitative estimate of drug-likeness (QED) is 0.871. The summed E-state index contributed by atoms with van der Waals surface area (Å²) in [7, 11) is 3.04. The van der Waals surface area contributed by atoms with Crippen molar-refractivity contribution in [2.24, 2.45) is 0 Å². The number of carboxylic acids is 1. The summed E-state index contributed by atoms with van der Waals surface area (Å²) in [5, 5.41) is 8.90. The molecule has 1 aliphatic rings. The molecule has 1 aromatic carbocycles. The van der Waals surface area contributed by atoms with E-state index >= 15 is 0 Å². The molecule has 0 aliphatic carbocycles. The van der Waals surface area contributed by atoms with Crippen LogP contribution in [0.1, 0.15) is 42.5 Å². The highest BCUT2D eigenvalue weighted by molar-refractivity contribution is 5.98. The molecule has 0 bridgehead atoms. The van der Waals surface area contributed by atoms with Gasteiger partial charge in [0.25, 0.3) is 5.91 Å². The fourth-order valence-corrected chi connectivity index (χ4v) is 3.07. The van der Waals surface area contributed by atoms with E-state index in [2.05, 4.69) is 0 Å². The van der Waals surface area contributed by atoms with E-state index in [0.717, 1.165) is 19.3 Å². The minimum absolute atomic E-state index is 0.0387. The summed E-state index contributed by atoms with van der Waals surface area (Å²) < 4.78 is 10.6. The topological polar surface area (TPSA) is 76.1 Å². The van der Waals surface area contributed by atoms with Gasteiger partial charge in [0.2, 0.25) is 0 Å². The van der Waals surface area contributed by atoms with Crippen molar-refractivity contribution in [2.45, 2.75) is 38.1 Å². The second kappa shape index (κ2) is 7.85. The number of carbonyl (C=O) groups is 2. The molecule has 1 fully saturated rings. The third kappa shape index (κ3) is 3.94. The van der Waals surface area contributed by atoms with Gasteiger partial charge in [-0.25, -0.2) is 0 Å². The Balaban J connectivity index is 2.24. The summed E-state index contributed by atoms with van der Waals surface area (Å²) in [6.45, 7) is 0.642. The first-order valence-electron chi connectivity index (χ1n) is 7.82. The Bertz CT molecular complexity index is 572. The smallest absolute Gasteiger partial charge is 0.303 e. The third-order valence-corrected chi connectivity index (χ3v) is 4.21.